The second kappa shape index (κ2) is 6.15. The number of benzene rings is 1. The van der Waals surface area contributed by atoms with Crippen molar-refractivity contribution in [3.8, 4) is 0 Å². The molecule has 0 aromatic heterocycles. The molecule has 1 aliphatic rings. The molecule has 0 unspecified atom stereocenters. The van der Waals surface area contributed by atoms with Crippen LogP contribution in [0, 0.1) is 17.6 Å². The van der Waals surface area contributed by atoms with Gasteiger partial charge in [0.2, 0.25) is 10.0 Å². The maximum atomic E-state index is 13.6. The average Bonchev–Trinajstić information content (AvgIpc) is 2.39. The molecular formula is C13H18F2N2O2S. The molecule has 2 rings (SSSR count). The van der Waals surface area contributed by atoms with Crippen molar-refractivity contribution in [2.24, 2.45) is 5.92 Å². The predicted octanol–water partition coefficient (Wildman–Crippen LogP) is 1.58. The van der Waals surface area contributed by atoms with Gasteiger partial charge in [-0.25, -0.2) is 17.2 Å². The molecule has 20 heavy (non-hydrogen) atoms. The highest BCUT2D eigenvalue weighted by atomic mass is 32.2. The Morgan fingerprint density at radius 2 is 1.80 bits per heavy atom. The SMILES string of the molecule is CNCC1CCN(S(=O)(=O)c2c(F)cccc2F)CC1. The Labute approximate surface area is 117 Å². The van der Waals surface area contributed by atoms with Crippen LogP contribution in [0.15, 0.2) is 23.1 Å². The summed E-state index contributed by atoms with van der Waals surface area (Å²) in [6.07, 6.45) is 1.38. The normalized spacial score (nSPS) is 18.4. The van der Waals surface area contributed by atoms with Crippen LogP contribution >= 0.6 is 0 Å². The van der Waals surface area contributed by atoms with Crippen LogP contribution in [-0.2, 0) is 10.0 Å². The second-order valence-corrected chi connectivity index (χ2v) is 6.83. The van der Waals surface area contributed by atoms with Gasteiger partial charge in [0.25, 0.3) is 0 Å². The second-order valence-electron chi connectivity index (χ2n) is 4.96. The van der Waals surface area contributed by atoms with Gasteiger partial charge in [0.05, 0.1) is 0 Å². The number of nitrogens with zero attached hydrogens (tertiary/aromatic N) is 1. The number of hydrogen-bond acceptors (Lipinski definition) is 3. The highest BCUT2D eigenvalue weighted by Crippen LogP contribution is 2.26. The van der Waals surface area contributed by atoms with Gasteiger partial charge >= 0.3 is 0 Å². The van der Waals surface area contributed by atoms with Crippen molar-refractivity contribution in [3.63, 3.8) is 0 Å². The zero-order chi connectivity index (χ0) is 14.8. The summed E-state index contributed by atoms with van der Waals surface area (Å²) in [6, 6.07) is 3.08. The molecule has 1 heterocycles. The Hall–Kier alpha value is -1.05. The summed E-state index contributed by atoms with van der Waals surface area (Å²) < 4.78 is 53.1. The van der Waals surface area contributed by atoms with E-state index in [1.165, 1.54) is 4.31 Å². The number of piperidine rings is 1. The maximum absolute atomic E-state index is 13.6. The minimum atomic E-state index is -4.10. The molecule has 1 N–H and O–H groups in total. The van der Waals surface area contributed by atoms with Crippen LogP contribution in [-0.4, -0.2) is 39.4 Å². The van der Waals surface area contributed by atoms with Crippen LogP contribution in [0.3, 0.4) is 0 Å². The molecule has 0 radical (unpaired) electrons. The molecule has 1 aliphatic heterocycles. The third-order valence-electron chi connectivity index (χ3n) is 3.58. The van der Waals surface area contributed by atoms with E-state index >= 15 is 0 Å². The quantitative estimate of drug-likeness (QED) is 0.919. The van der Waals surface area contributed by atoms with E-state index in [2.05, 4.69) is 5.32 Å². The molecule has 0 bridgehead atoms. The molecule has 0 atom stereocenters. The van der Waals surface area contributed by atoms with E-state index in [0.29, 0.717) is 31.8 Å². The molecule has 1 saturated heterocycles. The molecule has 7 heteroatoms. The van der Waals surface area contributed by atoms with Crippen LogP contribution in [0.4, 0.5) is 8.78 Å². The van der Waals surface area contributed by atoms with Gasteiger partial charge in [0, 0.05) is 13.1 Å². The fourth-order valence-electron chi connectivity index (χ4n) is 2.50. The highest BCUT2D eigenvalue weighted by Gasteiger charge is 2.33. The fourth-order valence-corrected chi connectivity index (χ4v) is 4.08. The standard InChI is InChI=1S/C13H18F2N2O2S/c1-16-9-10-5-7-17(8-6-10)20(18,19)13-11(14)3-2-4-12(13)15/h2-4,10,16H,5-9H2,1H3. The molecule has 0 amide bonds. The van der Waals surface area contributed by atoms with Gasteiger partial charge in [0.15, 0.2) is 4.90 Å². The summed E-state index contributed by atoms with van der Waals surface area (Å²) in [7, 11) is -2.25. The number of rotatable bonds is 4. The lowest BCUT2D eigenvalue weighted by molar-refractivity contribution is 0.269. The molecule has 4 nitrogen and oxygen atoms in total. The van der Waals surface area contributed by atoms with Gasteiger partial charge < -0.3 is 5.32 Å². The Kier molecular flexibility index (Phi) is 4.72. The number of sulfonamides is 1. The van der Waals surface area contributed by atoms with E-state index in [9.17, 15) is 17.2 Å². The smallest absolute Gasteiger partial charge is 0.248 e. The van der Waals surface area contributed by atoms with E-state index in [1.807, 2.05) is 7.05 Å². The third kappa shape index (κ3) is 2.99. The Balaban J connectivity index is 2.20. The van der Waals surface area contributed by atoms with E-state index < -0.39 is 26.6 Å². The summed E-state index contributed by atoms with van der Waals surface area (Å²) in [5.41, 5.74) is 0. The van der Waals surface area contributed by atoms with Gasteiger partial charge in [0.1, 0.15) is 11.6 Å². The molecule has 1 aromatic rings. The highest BCUT2D eigenvalue weighted by molar-refractivity contribution is 7.89. The minimum absolute atomic E-state index is 0.294. The van der Waals surface area contributed by atoms with E-state index in [0.717, 1.165) is 24.7 Å². The lowest BCUT2D eigenvalue weighted by Gasteiger charge is -2.31. The van der Waals surface area contributed by atoms with Crippen LogP contribution < -0.4 is 5.32 Å². The van der Waals surface area contributed by atoms with Gasteiger partial charge in [-0.1, -0.05) is 6.07 Å². The van der Waals surface area contributed by atoms with Gasteiger partial charge in [-0.3, -0.25) is 0 Å². The topological polar surface area (TPSA) is 49.4 Å². The molecule has 112 valence electrons. The third-order valence-corrected chi connectivity index (χ3v) is 5.53. The van der Waals surface area contributed by atoms with Crippen LogP contribution in [0.1, 0.15) is 12.8 Å². The number of halogens is 2. The number of nitrogens with one attached hydrogen (secondary N) is 1. The zero-order valence-corrected chi connectivity index (χ0v) is 12.1. The van der Waals surface area contributed by atoms with Gasteiger partial charge in [-0.05, 0) is 44.5 Å². The van der Waals surface area contributed by atoms with E-state index in [4.69, 9.17) is 0 Å². The Morgan fingerprint density at radius 1 is 1.25 bits per heavy atom. The largest absolute Gasteiger partial charge is 0.319 e. The van der Waals surface area contributed by atoms with Crippen LogP contribution in [0.25, 0.3) is 0 Å². The summed E-state index contributed by atoms with van der Waals surface area (Å²) in [6.45, 7) is 1.41. The molecule has 0 saturated carbocycles. The molecular weight excluding hydrogens is 286 g/mol. The fraction of sp³-hybridized carbons (Fsp3) is 0.538. The summed E-state index contributed by atoms with van der Waals surface area (Å²) in [4.78, 5) is -0.841. The van der Waals surface area contributed by atoms with Crippen LogP contribution in [0.2, 0.25) is 0 Å². The monoisotopic (exact) mass is 304 g/mol. The molecule has 0 aliphatic carbocycles. The molecule has 1 aromatic carbocycles. The predicted molar refractivity (Wildman–Crippen MR) is 71.8 cm³/mol. The molecule has 1 fully saturated rings. The number of hydrogen-bond donors (Lipinski definition) is 1. The zero-order valence-electron chi connectivity index (χ0n) is 11.3. The van der Waals surface area contributed by atoms with Gasteiger partial charge in [-0.2, -0.15) is 4.31 Å². The Bertz CT molecular complexity index is 549. The van der Waals surface area contributed by atoms with Crippen molar-refractivity contribution in [2.75, 3.05) is 26.7 Å². The van der Waals surface area contributed by atoms with E-state index in [-0.39, 0.29) is 0 Å². The van der Waals surface area contributed by atoms with Crippen molar-refractivity contribution >= 4 is 10.0 Å². The first-order chi connectivity index (χ1) is 9.46. The maximum Gasteiger partial charge on any atom is 0.248 e. The van der Waals surface area contributed by atoms with Crippen LogP contribution in [0.5, 0.6) is 0 Å². The minimum Gasteiger partial charge on any atom is -0.319 e. The van der Waals surface area contributed by atoms with Crippen molar-refractivity contribution in [1.82, 2.24) is 9.62 Å². The Morgan fingerprint density at radius 3 is 2.30 bits per heavy atom. The lowest BCUT2D eigenvalue weighted by atomic mass is 9.98. The average molecular weight is 304 g/mol. The van der Waals surface area contributed by atoms with E-state index in [1.54, 1.807) is 0 Å². The summed E-state index contributed by atoms with van der Waals surface area (Å²) >= 11 is 0. The van der Waals surface area contributed by atoms with Crippen molar-refractivity contribution in [2.45, 2.75) is 17.7 Å². The lowest BCUT2D eigenvalue weighted by Crippen LogP contribution is -2.40. The first-order valence-electron chi connectivity index (χ1n) is 6.55. The van der Waals surface area contributed by atoms with Crippen molar-refractivity contribution in [3.05, 3.63) is 29.8 Å². The first-order valence-corrected chi connectivity index (χ1v) is 7.99. The molecule has 0 spiro atoms. The first kappa shape index (κ1) is 15.3. The van der Waals surface area contributed by atoms with Crippen molar-refractivity contribution < 1.29 is 17.2 Å². The summed E-state index contributed by atoms with van der Waals surface area (Å²) in [5, 5.41) is 3.05. The van der Waals surface area contributed by atoms with Crippen molar-refractivity contribution in [1.29, 1.82) is 0 Å². The summed E-state index contributed by atoms with van der Waals surface area (Å²) in [5.74, 6) is -1.68. The van der Waals surface area contributed by atoms with Gasteiger partial charge in [-0.15, -0.1) is 0 Å².